The number of hydrogen-bond donors (Lipinski definition) is 2. The molecule has 1 aromatic heterocycles. The number of hydrogen-bond acceptors (Lipinski definition) is 5. The van der Waals surface area contributed by atoms with Gasteiger partial charge in [0.15, 0.2) is 5.82 Å². The molecule has 0 saturated heterocycles. The van der Waals surface area contributed by atoms with Gasteiger partial charge in [-0.3, -0.25) is 10.1 Å². The van der Waals surface area contributed by atoms with Crippen LogP contribution >= 0.6 is 0 Å². The molecular formula is C8H14N4O2. The third-order valence-electron chi connectivity index (χ3n) is 1.71. The summed E-state index contributed by atoms with van der Waals surface area (Å²) in [6.07, 6.45) is 0.359. The zero-order chi connectivity index (χ0) is 10.6. The Morgan fingerprint density at radius 1 is 1.71 bits per heavy atom. The highest BCUT2D eigenvalue weighted by atomic mass is 16.5. The Kier molecular flexibility index (Phi) is 3.58. The van der Waals surface area contributed by atoms with Crippen LogP contribution < -0.4 is 11.1 Å². The molecule has 1 amide bonds. The lowest BCUT2D eigenvalue weighted by Crippen LogP contribution is -2.20. The molecule has 0 saturated carbocycles. The van der Waals surface area contributed by atoms with Gasteiger partial charge < -0.3 is 10.3 Å². The summed E-state index contributed by atoms with van der Waals surface area (Å²) < 4.78 is 4.73. The zero-order valence-corrected chi connectivity index (χ0v) is 8.28. The molecule has 0 aliphatic carbocycles. The molecule has 3 N–H and O–H groups in total. The van der Waals surface area contributed by atoms with Crippen molar-refractivity contribution in [3.05, 3.63) is 5.82 Å². The average molecular weight is 198 g/mol. The Labute approximate surface area is 81.9 Å². The van der Waals surface area contributed by atoms with Crippen LogP contribution in [0.5, 0.6) is 0 Å². The quantitative estimate of drug-likeness (QED) is 0.725. The summed E-state index contributed by atoms with van der Waals surface area (Å²) in [4.78, 5) is 15.1. The van der Waals surface area contributed by atoms with Crippen molar-refractivity contribution < 1.29 is 9.32 Å². The van der Waals surface area contributed by atoms with E-state index in [0.29, 0.717) is 18.8 Å². The van der Waals surface area contributed by atoms with Crippen LogP contribution in [0, 0.1) is 12.8 Å². The highest BCUT2D eigenvalue weighted by molar-refractivity contribution is 5.88. The van der Waals surface area contributed by atoms with Crippen LogP contribution in [0.4, 0.5) is 6.01 Å². The summed E-state index contributed by atoms with van der Waals surface area (Å²) in [6, 6.07) is 0.136. The minimum Gasteiger partial charge on any atom is -0.330 e. The fraction of sp³-hybridized carbons (Fsp3) is 0.625. The predicted octanol–water partition coefficient (Wildman–Crippen LogP) is 0.301. The van der Waals surface area contributed by atoms with Crippen molar-refractivity contribution in [1.29, 1.82) is 0 Å². The molecule has 78 valence electrons. The molecule has 0 radical (unpaired) electrons. The van der Waals surface area contributed by atoms with E-state index in [1.165, 1.54) is 0 Å². The Morgan fingerprint density at radius 2 is 2.43 bits per heavy atom. The molecule has 0 aliphatic rings. The first kappa shape index (κ1) is 10.6. The Morgan fingerprint density at radius 3 is 2.93 bits per heavy atom. The molecule has 14 heavy (non-hydrogen) atoms. The normalized spacial score (nSPS) is 12.5. The van der Waals surface area contributed by atoms with E-state index in [1.807, 2.05) is 6.92 Å². The van der Waals surface area contributed by atoms with Gasteiger partial charge in [0.25, 0.3) is 0 Å². The molecule has 0 aromatic carbocycles. The van der Waals surface area contributed by atoms with E-state index in [9.17, 15) is 4.79 Å². The molecule has 0 aliphatic heterocycles. The molecule has 0 spiro atoms. The van der Waals surface area contributed by atoms with Crippen LogP contribution in [0.25, 0.3) is 0 Å². The largest absolute Gasteiger partial charge is 0.330 e. The van der Waals surface area contributed by atoms with Crippen LogP contribution in [0.2, 0.25) is 0 Å². The van der Waals surface area contributed by atoms with Gasteiger partial charge in [-0.25, -0.2) is 0 Å². The summed E-state index contributed by atoms with van der Waals surface area (Å²) in [5, 5.41) is 6.04. The number of aryl methyl sites for hydroxylation is 1. The average Bonchev–Trinajstić information content (AvgIpc) is 2.50. The lowest BCUT2D eigenvalue weighted by atomic mass is 10.1. The second kappa shape index (κ2) is 4.71. The number of carbonyl (C=O) groups is 1. The van der Waals surface area contributed by atoms with Crippen molar-refractivity contribution in [3.63, 3.8) is 0 Å². The summed E-state index contributed by atoms with van der Waals surface area (Å²) in [5.74, 6) is 0.484. The topological polar surface area (TPSA) is 94.0 Å². The SMILES string of the molecule is Cc1noc(NC(=O)CC(C)CN)n1. The van der Waals surface area contributed by atoms with Crippen molar-refractivity contribution in [1.82, 2.24) is 10.1 Å². The standard InChI is InChI=1S/C8H14N4O2/c1-5(4-9)3-7(13)11-8-10-6(2)12-14-8/h5H,3-4,9H2,1-2H3,(H,10,11,12,13). The molecule has 1 atom stereocenters. The predicted molar refractivity (Wildman–Crippen MR) is 50.5 cm³/mol. The van der Waals surface area contributed by atoms with Gasteiger partial charge in [0, 0.05) is 6.42 Å². The van der Waals surface area contributed by atoms with Gasteiger partial charge in [0.1, 0.15) is 0 Å². The van der Waals surface area contributed by atoms with Crippen LogP contribution in [0.3, 0.4) is 0 Å². The molecule has 1 heterocycles. The Hall–Kier alpha value is -1.43. The number of nitrogens with one attached hydrogen (secondary N) is 1. The molecule has 0 fully saturated rings. The van der Waals surface area contributed by atoms with Gasteiger partial charge in [0.05, 0.1) is 0 Å². The maximum Gasteiger partial charge on any atom is 0.328 e. The molecule has 1 unspecified atom stereocenters. The number of amides is 1. The van der Waals surface area contributed by atoms with Crippen molar-refractivity contribution in [2.24, 2.45) is 11.7 Å². The number of aromatic nitrogens is 2. The summed E-state index contributed by atoms with van der Waals surface area (Å²) in [6.45, 7) is 4.07. The van der Waals surface area contributed by atoms with Crippen molar-refractivity contribution in [2.45, 2.75) is 20.3 Å². The number of nitrogens with zero attached hydrogens (tertiary/aromatic N) is 2. The van der Waals surface area contributed by atoms with Crippen LogP contribution in [-0.4, -0.2) is 22.6 Å². The summed E-state index contributed by atoms with van der Waals surface area (Å²) in [7, 11) is 0. The van der Waals surface area contributed by atoms with E-state index in [2.05, 4.69) is 15.5 Å². The van der Waals surface area contributed by atoms with E-state index in [4.69, 9.17) is 10.3 Å². The monoisotopic (exact) mass is 198 g/mol. The van der Waals surface area contributed by atoms with E-state index in [0.717, 1.165) is 0 Å². The van der Waals surface area contributed by atoms with E-state index in [-0.39, 0.29) is 17.8 Å². The third-order valence-corrected chi connectivity index (χ3v) is 1.71. The van der Waals surface area contributed by atoms with Crippen molar-refractivity contribution in [3.8, 4) is 0 Å². The van der Waals surface area contributed by atoms with Gasteiger partial charge in [0.2, 0.25) is 5.91 Å². The molecule has 6 nitrogen and oxygen atoms in total. The minimum atomic E-state index is -0.161. The van der Waals surface area contributed by atoms with Crippen LogP contribution in [-0.2, 0) is 4.79 Å². The molecule has 6 heteroatoms. The minimum absolute atomic E-state index is 0.136. The van der Waals surface area contributed by atoms with Gasteiger partial charge in [-0.2, -0.15) is 4.98 Å². The number of anilines is 1. The first-order valence-corrected chi connectivity index (χ1v) is 4.42. The molecule has 0 bridgehead atoms. The Balaban J connectivity index is 2.41. The van der Waals surface area contributed by atoms with E-state index in [1.54, 1.807) is 6.92 Å². The van der Waals surface area contributed by atoms with Crippen LogP contribution in [0.15, 0.2) is 4.52 Å². The fourth-order valence-electron chi connectivity index (χ4n) is 0.918. The Bertz CT molecular complexity index is 310. The van der Waals surface area contributed by atoms with Gasteiger partial charge in [-0.05, 0) is 19.4 Å². The van der Waals surface area contributed by atoms with Crippen molar-refractivity contribution in [2.75, 3.05) is 11.9 Å². The maximum atomic E-state index is 11.3. The van der Waals surface area contributed by atoms with E-state index >= 15 is 0 Å². The molecule has 1 aromatic rings. The zero-order valence-electron chi connectivity index (χ0n) is 8.28. The first-order valence-electron chi connectivity index (χ1n) is 4.42. The van der Waals surface area contributed by atoms with Gasteiger partial charge >= 0.3 is 6.01 Å². The molecule has 1 rings (SSSR count). The smallest absolute Gasteiger partial charge is 0.328 e. The highest BCUT2D eigenvalue weighted by Gasteiger charge is 2.10. The number of nitrogens with two attached hydrogens (primary N) is 1. The van der Waals surface area contributed by atoms with Crippen molar-refractivity contribution >= 4 is 11.9 Å². The highest BCUT2D eigenvalue weighted by Crippen LogP contribution is 2.05. The first-order chi connectivity index (χ1) is 6.61. The second-order valence-electron chi connectivity index (χ2n) is 3.24. The van der Waals surface area contributed by atoms with Crippen LogP contribution in [0.1, 0.15) is 19.2 Å². The second-order valence-corrected chi connectivity index (χ2v) is 3.24. The summed E-state index contributed by atoms with van der Waals surface area (Å²) >= 11 is 0. The molecular weight excluding hydrogens is 184 g/mol. The lowest BCUT2D eigenvalue weighted by Gasteiger charge is -2.05. The van der Waals surface area contributed by atoms with Gasteiger partial charge in [-0.1, -0.05) is 12.1 Å². The number of carbonyl (C=O) groups excluding carboxylic acids is 1. The number of rotatable bonds is 4. The fourth-order valence-corrected chi connectivity index (χ4v) is 0.918. The lowest BCUT2D eigenvalue weighted by molar-refractivity contribution is -0.117. The summed E-state index contributed by atoms with van der Waals surface area (Å²) in [5.41, 5.74) is 5.39. The van der Waals surface area contributed by atoms with Gasteiger partial charge in [-0.15, -0.1) is 0 Å². The maximum absolute atomic E-state index is 11.3. The third kappa shape index (κ3) is 3.14. The van der Waals surface area contributed by atoms with E-state index < -0.39 is 0 Å².